The van der Waals surface area contributed by atoms with Crippen molar-refractivity contribution in [1.82, 2.24) is 9.97 Å². The number of hydrogen-bond acceptors (Lipinski definition) is 7. The van der Waals surface area contributed by atoms with Crippen LogP contribution in [0.5, 0.6) is 0 Å². The standard InChI is InChI=1S/C13H22N6O2/c1-9-11(19(20)21)12(17-13(16-9)18-14)15-8-7-10-5-3-2-4-6-10/h10H,2-8,14H2,1H3,(H2,15,16,17,18). The van der Waals surface area contributed by atoms with E-state index in [1.807, 2.05) is 0 Å². The quantitative estimate of drug-likeness (QED) is 0.418. The number of anilines is 2. The lowest BCUT2D eigenvalue weighted by atomic mass is 9.87. The first kappa shape index (κ1) is 15.4. The van der Waals surface area contributed by atoms with Gasteiger partial charge in [-0.05, 0) is 19.3 Å². The van der Waals surface area contributed by atoms with Crippen LogP contribution in [0.3, 0.4) is 0 Å². The van der Waals surface area contributed by atoms with Crippen LogP contribution in [0.4, 0.5) is 17.5 Å². The predicted octanol–water partition coefficient (Wildman–Crippen LogP) is 2.36. The number of nitrogens with zero attached hydrogens (tertiary/aromatic N) is 3. The van der Waals surface area contributed by atoms with Gasteiger partial charge in [0, 0.05) is 6.54 Å². The van der Waals surface area contributed by atoms with Crippen LogP contribution in [-0.4, -0.2) is 21.4 Å². The molecule has 116 valence electrons. The first-order valence-electron chi connectivity index (χ1n) is 7.35. The van der Waals surface area contributed by atoms with Gasteiger partial charge in [0.2, 0.25) is 11.8 Å². The van der Waals surface area contributed by atoms with Crippen molar-refractivity contribution in [3.8, 4) is 0 Å². The summed E-state index contributed by atoms with van der Waals surface area (Å²) >= 11 is 0. The molecular formula is C13H22N6O2. The Kier molecular flexibility index (Phi) is 5.26. The Morgan fingerprint density at radius 2 is 2.05 bits per heavy atom. The van der Waals surface area contributed by atoms with E-state index in [0.29, 0.717) is 18.2 Å². The molecule has 0 amide bonds. The summed E-state index contributed by atoms with van der Waals surface area (Å²) in [6.45, 7) is 2.25. The average molecular weight is 294 g/mol. The molecule has 1 aliphatic carbocycles. The summed E-state index contributed by atoms with van der Waals surface area (Å²) in [6, 6.07) is 0. The second-order valence-corrected chi connectivity index (χ2v) is 5.45. The van der Waals surface area contributed by atoms with Gasteiger partial charge in [0.25, 0.3) is 0 Å². The maximum absolute atomic E-state index is 11.1. The Hall–Kier alpha value is -1.96. The molecule has 0 bridgehead atoms. The summed E-state index contributed by atoms with van der Waals surface area (Å²) in [6.07, 6.45) is 7.42. The van der Waals surface area contributed by atoms with Crippen molar-refractivity contribution in [3.63, 3.8) is 0 Å². The minimum absolute atomic E-state index is 0.0855. The van der Waals surface area contributed by atoms with Gasteiger partial charge in [-0.2, -0.15) is 4.98 Å². The van der Waals surface area contributed by atoms with E-state index in [2.05, 4.69) is 20.7 Å². The lowest BCUT2D eigenvalue weighted by molar-refractivity contribution is -0.385. The summed E-state index contributed by atoms with van der Waals surface area (Å²) in [4.78, 5) is 18.7. The largest absolute Gasteiger partial charge is 0.364 e. The molecule has 1 aromatic rings. The minimum Gasteiger partial charge on any atom is -0.364 e. The molecule has 1 aromatic heterocycles. The third kappa shape index (κ3) is 4.01. The number of nitrogens with two attached hydrogens (primary N) is 1. The summed E-state index contributed by atoms with van der Waals surface area (Å²) in [5.41, 5.74) is 2.54. The lowest BCUT2D eigenvalue weighted by Gasteiger charge is -2.21. The van der Waals surface area contributed by atoms with Crippen molar-refractivity contribution in [1.29, 1.82) is 0 Å². The highest BCUT2D eigenvalue weighted by Crippen LogP contribution is 2.28. The molecule has 0 spiro atoms. The van der Waals surface area contributed by atoms with Crippen LogP contribution >= 0.6 is 0 Å². The van der Waals surface area contributed by atoms with Gasteiger partial charge >= 0.3 is 5.69 Å². The third-order valence-corrected chi connectivity index (χ3v) is 3.94. The van der Waals surface area contributed by atoms with Crippen molar-refractivity contribution in [3.05, 3.63) is 15.8 Å². The third-order valence-electron chi connectivity index (χ3n) is 3.94. The Balaban J connectivity index is 2.03. The summed E-state index contributed by atoms with van der Waals surface area (Å²) < 4.78 is 0. The van der Waals surface area contributed by atoms with E-state index in [1.54, 1.807) is 6.92 Å². The van der Waals surface area contributed by atoms with Crippen LogP contribution in [0.15, 0.2) is 0 Å². The second kappa shape index (κ2) is 7.16. The van der Waals surface area contributed by atoms with Gasteiger partial charge in [-0.3, -0.25) is 15.5 Å². The number of nitrogens with one attached hydrogen (secondary N) is 2. The fourth-order valence-electron chi connectivity index (χ4n) is 2.84. The Bertz CT molecular complexity index is 502. The zero-order valence-electron chi connectivity index (χ0n) is 12.3. The van der Waals surface area contributed by atoms with Gasteiger partial charge in [-0.25, -0.2) is 10.8 Å². The first-order valence-corrected chi connectivity index (χ1v) is 7.35. The Labute approximate surface area is 123 Å². The van der Waals surface area contributed by atoms with E-state index in [-0.39, 0.29) is 17.5 Å². The second-order valence-electron chi connectivity index (χ2n) is 5.45. The van der Waals surface area contributed by atoms with E-state index >= 15 is 0 Å². The molecule has 2 rings (SSSR count). The van der Waals surface area contributed by atoms with Crippen LogP contribution in [0.1, 0.15) is 44.2 Å². The van der Waals surface area contributed by atoms with Gasteiger partial charge in [-0.1, -0.05) is 32.1 Å². The molecule has 8 nitrogen and oxygen atoms in total. The highest BCUT2D eigenvalue weighted by Gasteiger charge is 2.22. The van der Waals surface area contributed by atoms with Crippen molar-refractivity contribution < 1.29 is 4.92 Å². The molecule has 0 atom stereocenters. The fourth-order valence-corrected chi connectivity index (χ4v) is 2.84. The van der Waals surface area contributed by atoms with Gasteiger partial charge in [0.1, 0.15) is 5.69 Å². The molecule has 1 saturated carbocycles. The minimum atomic E-state index is -0.460. The topological polar surface area (TPSA) is 119 Å². The first-order chi connectivity index (χ1) is 10.1. The number of nitro groups is 1. The highest BCUT2D eigenvalue weighted by atomic mass is 16.6. The van der Waals surface area contributed by atoms with E-state index in [9.17, 15) is 10.1 Å². The molecule has 4 N–H and O–H groups in total. The molecular weight excluding hydrogens is 272 g/mol. The fraction of sp³-hybridized carbons (Fsp3) is 0.692. The van der Waals surface area contributed by atoms with Crippen molar-refractivity contribution in [2.75, 3.05) is 17.3 Å². The molecule has 1 heterocycles. The molecule has 0 aliphatic heterocycles. The van der Waals surface area contributed by atoms with E-state index in [0.717, 1.165) is 6.42 Å². The number of hydrogen-bond donors (Lipinski definition) is 3. The van der Waals surface area contributed by atoms with Crippen molar-refractivity contribution >= 4 is 17.5 Å². The zero-order chi connectivity index (χ0) is 15.2. The molecule has 8 heteroatoms. The maximum Gasteiger partial charge on any atom is 0.332 e. The van der Waals surface area contributed by atoms with Crippen LogP contribution in [0.25, 0.3) is 0 Å². The van der Waals surface area contributed by atoms with Gasteiger partial charge in [-0.15, -0.1) is 0 Å². The number of aromatic nitrogens is 2. The maximum atomic E-state index is 11.1. The summed E-state index contributed by atoms with van der Waals surface area (Å²) in [5.74, 6) is 6.41. The lowest BCUT2D eigenvalue weighted by Crippen LogP contribution is -2.16. The van der Waals surface area contributed by atoms with E-state index < -0.39 is 4.92 Å². The van der Waals surface area contributed by atoms with E-state index in [4.69, 9.17) is 5.84 Å². The summed E-state index contributed by atoms with van der Waals surface area (Å²) in [7, 11) is 0. The average Bonchev–Trinajstić information content (AvgIpc) is 2.47. The Morgan fingerprint density at radius 1 is 1.33 bits per heavy atom. The molecule has 0 aromatic carbocycles. The van der Waals surface area contributed by atoms with E-state index in [1.165, 1.54) is 32.1 Å². The highest BCUT2D eigenvalue weighted by molar-refractivity contribution is 5.60. The van der Waals surface area contributed by atoms with Gasteiger partial charge < -0.3 is 5.32 Å². The number of rotatable bonds is 6. The van der Waals surface area contributed by atoms with Crippen LogP contribution in [0.2, 0.25) is 0 Å². The molecule has 21 heavy (non-hydrogen) atoms. The molecule has 1 aliphatic rings. The zero-order valence-corrected chi connectivity index (χ0v) is 12.3. The van der Waals surface area contributed by atoms with Gasteiger partial charge in [0.05, 0.1) is 4.92 Å². The number of nitrogen functional groups attached to an aromatic ring is 1. The van der Waals surface area contributed by atoms with Crippen LogP contribution < -0.4 is 16.6 Å². The van der Waals surface area contributed by atoms with Crippen molar-refractivity contribution in [2.45, 2.75) is 45.4 Å². The molecule has 1 fully saturated rings. The Morgan fingerprint density at radius 3 is 2.67 bits per heavy atom. The number of hydrazine groups is 1. The normalized spacial score (nSPS) is 15.7. The summed E-state index contributed by atoms with van der Waals surface area (Å²) in [5, 5.41) is 14.2. The monoisotopic (exact) mass is 294 g/mol. The molecule has 0 saturated heterocycles. The van der Waals surface area contributed by atoms with Crippen molar-refractivity contribution in [2.24, 2.45) is 11.8 Å². The van der Waals surface area contributed by atoms with Crippen LogP contribution in [-0.2, 0) is 0 Å². The van der Waals surface area contributed by atoms with Gasteiger partial charge in [0.15, 0.2) is 0 Å². The van der Waals surface area contributed by atoms with Crippen LogP contribution in [0, 0.1) is 23.0 Å². The SMILES string of the molecule is Cc1nc(NN)nc(NCCC2CCCCC2)c1[N+](=O)[O-]. The number of aryl methyl sites for hydroxylation is 1. The predicted molar refractivity (Wildman–Crippen MR) is 80.9 cm³/mol. The smallest absolute Gasteiger partial charge is 0.332 e. The molecule has 0 unspecified atom stereocenters. The molecule has 0 radical (unpaired) electrons.